The van der Waals surface area contributed by atoms with Crippen molar-refractivity contribution in [3.05, 3.63) is 101 Å². The quantitative estimate of drug-likeness (QED) is 0.490. The maximum absolute atomic E-state index is 14.2. The van der Waals surface area contributed by atoms with E-state index in [9.17, 15) is 9.18 Å². The van der Waals surface area contributed by atoms with Gasteiger partial charge in [-0.15, -0.1) is 0 Å². The van der Waals surface area contributed by atoms with Crippen LogP contribution in [-0.2, 0) is 22.4 Å². The molecule has 2 atom stereocenters. The average Bonchev–Trinajstić information content (AvgIpc) is 3.30. The summed E-state index contributed by atoms with van der Waals surface area (Å²) < 4.78 is 19.7. The highest BCUT2D eigenvalue weighted by atomic mass is 19.1. The first-order valence-corrected chi connectivity index (χ1v) is 11.9. The number of ether oxygens (including phenoxy) is 1. The van der Waals surface area contributed by atoms with Gasteiger partial charge in [0.2, 0.25) is 5.91 Å². The van der Waals surface area contributed by atoms with Gasteiger partial charge in [-0.3, -0.25) is 9.18 Å². The number of fused-ring (bicyclic) bond motifs is 1. The van der Waals surface area contributed by atoms with E-state index in [1.54, 1.807) is 0 Å². The molecule has 0 aliphatic carbocycles. The van der Waals surface area contributed by atoms with Crippen molar-refractivity contribution in [2.75, 3.05) is 31.3 Å². The van der Waals surface area contributed by atoms with Crippen LogP contribution in [0.15, 0.2) is 72.8 Å². The third-order valence-electron chi connectivity index (χ3n) is 6.96. The minimum Gasteiger partial charge on any atom is -0.381 e. The molecule has 2 unspecified atom stereocenters. The van der Waals surface area contributed by atoms with E-state index in [4.69, 9.17) is 4.74 Å². The number of carbonyl (C=O) groups excluding carboxylic acids is 1. The first-order valence-electron chi connectivity index (χ1n) is 11.9. The fraction of sp³-hybridized carbons (Fsp3) is 0.345. The molecule has 2 heterocycles. The van der Waals surface area contributed by atoms with Gasteiger partial charge < -0.3 is 9.64 Å². The lowest BCUT2D eigenvalue weighted by molar-refractivity contribution is -0.126. The monoisotopic (exact) mass is 443 g/mol. The zero-order valence-electron chi connectivity index (χ0n) is 18.9. The third-order valence-corrected chi connectivity index (χ3v) is 6.96. The normalized spacial score (nSPS) is 18.7. The Morgan fingerprint density at radius 1 is 1.00 bits per heavy atom. The lowest BCUT2D eigenvalue weighted by atomic mass is 9.90. The summed E-state index contributed by atoms with van der Waals surface area (Å²) in [5.74, 6) is -0.174. The number of alkyl halides is 1. The molecule has 0 aromatic heterocycles. The Labute approximate surface area is 195 Å². The average molecular weight is 444 g/mol. The summed E-state index contributed by atoms with van der Waals surface area (Å²) in [6.07, 6.45) is 3.53. The van der Waals surface area contributed by atoms with Gasteiger partial charge in [-0.25, -0.2) is 0 Å². The Bertz CT molecular complexity index is 1090. The van der Waals surface area contributed by atoms with Gasteiger partial charge in [-0.2, -0.15) is 0 Å². The van der Waals surface area contributed by atoms with E-state index >= 15 is 0 Å². The maximum Gasteiger partial charge on any atom is 0.232 e. The molecule has 2 aliphatic rings. The van der Waals surface area contributed by atoms with E-state index in [0.717, 1.165) is 54.7 Å². The maximum atomic E-state index is 14.2. The van der Waals surface area contributed by atoms with E-state index in [1.807, 2.05) is 35.2 Å². The molecule has 2 aliphatic heterocycles. The standard InChI is InChI=1S/C29H30FNO2/c30-19-27(23-10-8-22(9-11-23)17-21-5-2-1-3-6-21)24-12-13-28-25(18-24)14-15-31(28)29(32)26-7-4-16-33-20-26/h1-3,5-6,8-13,18,26-27H,4,7,14-17,19-20H2. The smallest absolute Gasteiger partial charge is 0.232 e. The summed E-state index contributed by atoms with van der Waals surface area (Å²) in [5.41, 5.74) is 6.56. The summed E-state index contributed by atoms with van der Waals surface area (Å²) in [7, 11) is 0. The summed E-state index contributed by atoms with van der Waals surface area (Å²) in [5, 5.41) is 0. The minimum absolute atomic E-state index is 0.0441. The molecule has 3 aromatic carbocycles. The molecule has 0 bridgehead atoms. The number of halogens is 1. The van der Waals surface area contributed by atoms with Gasteiger partial charge in [-0.1, -0.05) is 66.7 Å². The molecule has 170 valence electrons. The molecule has 3 aromatic rings. The van der Waals surface area contributed by atoms with Crippen molar-refractivity contribution in [1.29, 1.82) is 0 Å². The van der Waals surface area contributed by atoms with Crippen LogP contribution in [0.4, 0.5) is 10.1 Å². The van der Waals surface area contributed by atoms with Crippen LogP contribution in [0, 0.1) is 5.92 Å². The van der Waals surface area contributed by atoms with E-state index in [0.29, 0.717) is 13.2 Å². The van der Waals surface area contributed by atoms with Gasteiger partial charge in [0.1, 0.15) is 6.67 Å². The topological polar surface area (TPSA) is 29.5 Å². The second-order valence-electron chi connectivity index (χ2n) is 9.15. The minimum atomic E-state index is -0.446. The first kappa shape index (κ1) is 21.8. The molecule has 33 heavy (non-hydrogen) atoms. The van der Waals surface area contributed by atoms with Crippen LogP contribution < -0.4 is 4.90 Å². The summed E-state index contributed by atoms with van der Waals surface area (Å²) in [4.78, 5) is 14.9. The largest absolute Gasteiger partial charge is 0.381 e. The third kappa shape index (κ3) is 4.72. The highest BCUT2D eigenvalue weighted by Crippen LogP contribution is 2.35. The number of rotatable bonds is 6. The summed E-state index contributed by atoms with van der Waals surface area (Å²) in [6.45, 7) is 1.52. The van der Waals surface area contributed by atoms with Gasteiger partial charge >= 0.3 is 0 Å². The van der Waals surface area contributed by atoms with E-state index in [2.05, 4.69) is 42.5 Å². The molecular weight excluding hydrogens is 413 g/mol. The molecule has 3 nitrogen and oxygen atoms in total. The van der Waals surface area contributed by atoms with Gasteiger partial charge in [0.15, 0.2) is 0 Å². The Morgan fingerprint density at radius 3 is 2.48 bits per heavy atom. The molecule has 0 radical (unpaired) electrons. The van der Waals surface area contributed by atoms with Crippen molar-refractivity contribution >= 4 is 11.6 Å². The fourth-order valence-electron chi connectivity index (χ4n) is 5.09. The molecule has 4 heteroatoms. The number of hydrogen-bond donors (Lipinski definition) is 0. The Kier molecular flexibility index (Phi) is 6.54. The number of hydrogen-bond acceptors (Lipinski definition) is 2. The van der Waals surface area contributed by atoms with Crippen molar-refractivity contribution in [2.24, 2.45) is 5.92 Å². The van der Waals surface area contributed by atoms with Gasteiger partial charge in [0, 0.05) is 24.8 Å². The first-order chi connectivity index (χ1) is 16.2. The van der Waals surface area contributed by atoms with Crippen LogP contribution >= 0.6 is 0 Å². The van der Waals surface area contributed by atoms with Crippen molar-refractivity contribution in [1.82, 2.24) is 0 Å². The molecule has 5 rings (SSSR count). The van der Waals surface area contributed by atoms with Crippen molar-refractivity contribution in [2.45, 2.75) is 31.6 Å². The van der Waals surface area contributed by atoms with E-state index in [1.165, 1.54) is 11.1 Å². The number of benzene rings is 3. The molecular formula is C29H30FNO2. The molecule has 0 saturated carbocycles. The molecule has 0 N–H and O–H groups in total. The number of amides is 1. The predicted molar refractivity (Wildman–Crippen MR) is 130 cm³/mol. The second kappa shape index (κ2) is 9.88. The number of anilines is 1. The van der Waals surface area contributed by atoms with Gasteiger partial charge in [-0.05, 0) is 59.6 Å². The SMILES string of the molecule is O=C(C1CCCOC1)N1CCc2cc(C(CF)c3ccc(Cc4ccccc4)cc3)ccc21. The lowest BCUT2D eigenvalue weighted by Gasteiger charge is -2.27. The summed E-state index contributed by atoms with van der Waals surface area (Å²) in [6, 6.07) is 24.8. The van der Waals surface area contributed by atoms with E-state index < -0.39 is 6.67 Å². The molecule has 1 saturated heterocycles. The Hall–Kier alpha value is -2.98. The number of carbonyl (C=O) groups is 1. The highest BCUT2D eigenvalue weighted by molar-refractivity contribution is 5.97. The second-order valence-corrected chi connectivity index (χ2v) is 9.15. The van der Waals surface area contributed by atoms with E-state index in [-0.39, 0.29) is 17.7 Å². The van der Waals surface area contributed by atoms with Crippen molar-refractivity contribution in [3.63, 3.8) is 0 Å². The fourth-order valence-corrected chi connectivity index (χ4v) is 5.09. The highest BCUT2D eigenvalue weighted by Gasteiger charge is 2.32. The van der Waals surface area contributed by atoms with Crippen LogP contribution in [0.25, 0.3) is 0 Å². The lowest BCUT2D eigenvalue weighted by Crippen LogP contribution is -2.38. The summed E-state index contributed by atoms with van der Waals surface area (Å²) >= 11 is 0. The van der Waals surface area contributed by atoms with Gasteiger partial charge in [0.05, 0.1) is 12.5 Å². The Balaban J connectivity index is 1.32. The van der Waals surface area contributed by atoms with Crippen molar-refractivity contribution < 1.29 is 13.9 Å². The van der Waals surface area contributed by atoms with Gasteiger partial charge in [0.25, 0.3) is 0 Å². The molecule has 1 fully saturated rings. The van der Waals surface area contributed by atoms with Crippen molar-refractivity contribution in [3.8, 4) is 0 Å². The van der Waals surface area contributed by atoms with Crippen LogP contribution in [0.2, 0.25) is 0 Å². The zero-order chi connectivity index (χ0) is 22.6. The Morgan fingerprint density at radius 2 is 1.76 bits per heavy atom. The number of nitrogens with zero attached hydrogens (tertiary/aromatic N) is 1. The van der Waals surface area contributed by atoms with Crippen LogP contribution in [0.3, 0.4) is 0 Å². The van der Waals surface area contributed by atoms with Crippen LogP contribution in [0.5, 0.6) is 0 Å². The van der Waals surface area contributed by atoms with Crippen LogP contribution in [0.1, 0.15) is 46.6 Å². The molecule has 0 spiro atoms. The molecule has 1 amide bonds. The predicted octanol–water partition coefficient (Wildman–Crippen LogP) is 5.69. The van der Waals surface area contributed by atoms with Crippen LogP contribution in [-0.4, -0.2) is 32.3 Å². The zero-order valence-corrected chi connectivity index (χ0v) is 18.9.